The molecule has 0 spiro atoms. The first kappa shape index (κ1) is 12.7. The molecule has 0 aromatic heterocycles. The number of carbonyl (C=O) groups excluding carboxylic acids is 1. The lowest BCUT2D eigenvalue weighted by atomic mass is 9.93. The van der Waals surface area contributed by atoms with Crippen molar-refractivity contribution in [2.24, 2.45) is 11.8 Å². The summed E-state index contributed by atoms with van der Waals surface area (Å²) in [5.74, 6) is 1.46. The van der Waals surface area contributed by atoms with Crippen molar-refractivity contribution in [3.63, 3.8) is 0 Å². The minimum atomic E-state index is 0.0265. The quantitative estimate of drug-likeness (QED) is 0.873. The van der Waals surface area contributed by atoms with Crippen LogP contribution in [0.25, 0.3) is 0 Å². The Bertz CT molecular complexity index is 445. The summed E-state index contributed by atoms with van der Waals surface area (Å²) in [6, 6.07) is 10.3. The third-order valence-corrected chi connectivity index (χ3v) is 4.69. The number of hydrogen-bond donors (Lipinski definition) is 2. The highest BCUT2D eigenvalue weighted by Crippen LogP contribution is 2.37. The van der Waals surface area contributed by atoms with Gasteiger partial charge >= 0.3 is 0 Å². The van der Waals surface area contributed by atoms with Gasteiger partial charge in [0.05, 0.1) is 12.1 Å². The predicted molar refractivity (Wildman–Crippen MR) is 75.6 cm³/mol. The van der Waals surface area contributed by atoms with Crippen LogP contribution < -0.4 is 10.6 Å². The van der Waals surface area contributed by atoms with Gasteiger partial charge in [0.2, 0.25) is 5.91 Å². The number of nitrogens with one attached hydrogen (secondary N) is 2. The van der Waals surface area contributed by atoms with E-state index in [2.05, 4.69) is 22.8 Å². The molecular weight excluding hydrogens is 236 g/mol. The first-order chi connectivity index (χ1) is 9.25. The molecule has 1 aliphatic carbocycles. The molecule has 2 fully saturated rings. The number of hydrogen-bond acceptors (Lipinski definition) is 2. The van der Waals surface area contributed by atoms with Gasteiger partial charge in [-0.2, -0.15) is 0 Å². The maximum atomic E-state index is 12.4. The van der Waals surface area contributed by atoms with Crippen molar-refractivity contribution in [3.05, 3.63) is 35.9 Å². The molecule has 1 saturated heterocycles. The third-order valence-electron chi connectivity index (χ3n) is 4.69. The van der Waals surface area contributed by atoms with Crippen LogP contribution in [0.2, 0.25) is 0 Å². The van der Waals surface area contributed by atoms with E-state index in [0.717, 1.165) is 18.0 Å². The van der Waals surface area contributed by atoms with Crippen LogP contribution in [0.3, 0.4) is 0 Å². The molecule has 3 unspecified atom stereocenters. The van der Waals surface area contributed by atoms with Gasteiger partial charge in [0.25, 0.3) is 0 Å². The number of fused-ring (bicyclic) bond motifs is 1. The van der Waals surface area contributed by atoms with Gasteiger partial charge in [-0.3, -0.25) is 4.79 Å². The molecule has 1 aromatic carbocycles. The van der Waals surface area contributed by atoms with E-state index in [1.54, 1.807) is 0 Å². The van der Waals surface area contributed by atoms with Crippen LogP contribution in [-0.4, -0.2) is 18.5 Å². The summed E-state index contributed by atoms with van der Waals surface area (Å²) >= 11 is 0. The molecule has 102 valence electrons. The first-order valence-corrected chi connectivity index (χ1v) is 7.34. The molecule has 3 nitrogen and oxygen atoms in total. The Morgan fingerprint density at radius 3 is 2.89 bits per heavy atom. The molecule has 1 heterocycles. The second-order valence-electron chi connectivity index (χ2n) is 5.88. The Balaban J connectivity index is 1.62. The molecule has 2 aliphatic rings. The van der Waals surface area contributed by atoms with E-state index in [4.69, 9.17) is 0 Å². The summed E-state index contributed by atoms with van der Waals surface area (Å²) in [6.07, 6.45) is 3.78. The fourth-order valence-corrected chi connectivity index (χ4v) is 3.60. The van der Waals surface area contributed by atoms with Gasteiger partial charge in [0.15, 0.2) is 0 Å². The van der Waals surface area contributed by atoms with E-state index in [9.17, 15) is 4.79 Å². The highest BCUT2D eigenvalue weighted by molar-refractivity contribution is 5.83. The molecule has 0 radical (unpaired) electrons. The largest absolute Gasteiger partial charge is 0.348 e. The summed E-state index contributed by atoms with van der Waals surface area (Å²) in [6.45, 7) is 3.07. The average Bonchev–Trinajstić information content (AvgIpc) is 3.01. The van der Waals surface area contributed by atoms with Gasteiger partial charge in [0.1, 0.15) is 0 Å². The normalized spacial score (nSPS) is 30.9. The van der Waals surface area contributed by atoms with Gasteiger partial charge in [-0.25, -0.2) is 0 Å². The molecular formula is C16H22N2O. The van der Waals surface area contributed by atoms with E-state index in [-0.39, 0.29) is 18.0 Å². The molecule has 0 bridgehead atoms. The molecule has 1 saturated carbocycles. The van der Waals surface area contributed by atoms with Gasteiger partial charge in [-0.05, 0) is 43.7 Å². The van der Waals surface area contributed by atoms with E-state index < -0.39 is 0 Å². The lowest BCUT2D eigenvalue weighted by Gasteiger charge is -2.21. The first-order valence-electron chi connectivity index (χ1n) is 7.34. The zero-order valence-electron chi connectivity index (χ0n) is 11.4. The lowest BCUT2D eigenvalue weighted by molar-refractivity contribution is -0.124. The molecule has 3 heteroatoms. The van der Waals surface area contributed by atoms with E-state index in [1.807, 2.05) is 25.1 Å². The van der Waals surface area contributed by atoms with Crippen molar-refractivity contribution < 1.29 is 4.79 Å². The zero-order chi connectivity index (χ0) is 13.2. The minimum Gasteiger partial charge on any atom is -0.348 e. The molecule has 1 amide bonds. The number of amides is 1. The SMILES string of the molecule is C[C@@H](NC(=O)C1NCC2CCCC21)c1ccccc1. The summed E-state index contributed by atoms with van der Waals surface area (Å²) in [7, 11) is 0. The highest BCUT2D eigenvalue weighted by atomic mass is 16.2. The number of benzene rings is 1. The van der Waals surface area contributed by atoms with Crippen LogP contribution in [0.1, 0.15) is 37.8 Å². The van der Waals surface area contributed by atoms with Crippen LogP contribution in [0.4, 0.5) is 0 Å². The third kappa shape index (κ3) is 2.52. The summed E-state index contributed by atoms with van der Waals surface area (Å²) in [5.41, 5.74) is 1.16. The number of carbonyl (C=O) groups is 1. The van der Waals surface area contributed by atoms with Crippen molar-refractivity contribution in [1.82, 2.24) is 10.6 Å². The van der Waals surface area contributed by atoms with Gasteiger partial charge in [-0.1, -0.05) is 36.8 Å². The van der Waals surface area contributed by atoms with Crippen LogP contribution in [-0.2, 0) is 4.79 Å². The van der Waals surface area contributed by atoms with E-state index in [1.165, 1.54) is 19.3 Å². The van der Waals surface area contributed by atoms with Gasteiger partial charge < -0.3 is 10.6 Å². The standard InChI is InChI=1S/C16H22N2O/c1-11(12-6-3-2-4-7-12)18-16(19)15-14-9-5-8-13(14)10-17-15/h2-4,6-7,11,13-15,17H,5,8-10H2,1H3,(H,18,19)/t11-,13?,14?,15?/m1/s1. The van der Waals surface area contributed by atoms with Gasteiger partial charge in [0, 0.05) is 0 Å². The molecule has 4 atom stereocenters. The van der Waals surface area contributed by atoms with Crippen molar-refractivity contribution in [2.45, 2.75) is 38.3 Å². The smallest absolute Gasteiger partial charge is 0.237 e. The Morgan fingerprint density at radius 2 is 2.11 bits per heavy atom. The average molecular weight is 258 g/mol. The number of rotatable bonds is 3. The van der Waals surface area contributed by atoms with E-state index >= 15 is 0 Å². The fourth-order valence-electron chi connectivity index (χ4n) is 3.60. The monoisotopic (exact) mass is 258 g/mol. The van der Waals surface area contributed by atoms with Crippen molar-refractivity contribution >= 4 is 5.91 Å². The summed E-state index contributed by atoms with van der Waals surface area (Å²) < 4.78 is 0. The predicted octanol–water partition coefficient (Wildman–Crippen LogP) is 2.25. The Kier molecular flexibility index (Phi) is 3.56. The topological polar surface area (TPSA) is 41.1 Å². The molecule has 19 heavy (non-hydrogen) atoms. The van der Waals surface area contributed by atoms with Crippen LogP contribution in [0, 0.1) is 11.8 Å². The maximum absolute atomic E-state index is 12.4. The van der Waals surface area contributed by atoms with Crippen molar-refractivity contribution in [3.8, 4) is 0 Å². The summed E-state index contributed by atoms with van der Waals surface area (Å²) in [4.78, 5) is 12.4. The van der Waals surface area contributed by atoms with Crippen LogP contribution in [0.15, 0.2) is 30.3 Å². The van der Waals surface area contributed by atoms with Crippen molar-refractivity contribution in [1.29, 1.82) is 0 Å². The Hall–Kier alpha value is -1.35. The van der Waals surface area contributed by atoms with Gasteiger partial charge in [-0.15, -0.1) is 0 Å². The maximum Gasteiger partial charge on any atom is 0.237 e. The zero-order valence-corrected chi connectivity index (χ0v) is 11.4. The molecule has 1 aromatic rings. The van der Waals surface area contributed by atoms with E-state index in [0.29, 0.717) is 5.92 Å². The Labute approximate surface area is 114 Å². The fraction of sp³-hybridized carbons (Fsp3) is 0.562. The van der Waals surface area contributed by atoms with Crippen LogP contribution in [0.5, 0.6) is 0 Å². The molecule has 1 aliphatic heterocycles. The minimum absolute atomic E-state index is 0.0265. The van der Waals surface area contributed by atoms with Crippen molar-refractivity contribution in [2.75, 3.05) is 6.54 Å². The summed E-state index contributed by atoms with van der Waals surface area (Å²) in [5, 5.41) is 6.55. The second kappa shape index (κ2) is 5.33. The highest BCUT2D eigenvalue weighted by Gasteiger charge is 2.42. The molecule has 3 rings (SSSR count). The van der Waals surface area contributed by atoms with Crippen LogP contribution >= 0.6 is 0 Å². The lowest BCUT2D eigenvalue weighted by Crippen LogP contribution is -2.44. The molecule has 2 N–H and O–H groups in total. The Morgan fingerprint density at radius 1 is 1.32 bits per heavy atom. The second-order valence-corrected chi connectivity index (χ2v) is 5.88.